The van der Waals surface area contributed by atoms with Crippen LogP contribution in [0.5, 0.6) is 11.5 Å². The van der Waals surface area contributed by atoms with Gasteiger partial charge in [0.15, 0.2) is 0 Å². The van der Waals surface area contributed by atoms with Gasteiger partial charge in [-0.25, -0.2) is 0 Å². The molecule has 5 rings (SSSR count). The van der Waals surface area contributed by atoms with Crippen LogP contribution in [0.3, 0.4) is 0 Å². The van der Waals surface area contributed by atoms with Crippen LogP contribution in [0.4, 0.5) is 11.4 Å². The highest BCUT2D eigenvalue weighted by Gasteiger charge is 2.20. The third kappa shape index (κ3) is 9.45. The van der Waals surface area contributed by atoms with Crippen molar-refractivity contribution in [3.63, 3.8) is 0 Å². The number of nitrogens with zero attached hydrogens (tertiary/aromatic N) is 3. The highest BCUT2D eigenvalue weighted by molar-refractivity contribution is 6.08. The zero-order valence-corrected chi connectivity index (χ0v) is 27.8. The lowest BCUT2D eigenvalue weighted by Gasteiger charge is -2.32. The van der Waals surface area contributed by atoms with Gasteiger partial charge in [-0.05, 0) is 80.4 Å². The zero-order chi connectivity index (χ0) is 33.7. The predicted molar refractivity (Wildman–Crippen MR) is 189 cm³/mol. The molecule has 9 heteroatoms. The topological polar surface area (TPSA) is 91.4 Å². The summed E-state index contributed by atoms with van der Waals surface area (Å²) < 4.78 is 12.0. The number of amides is 3. The summed E-state index contributed by atoms with van der Waals surface area (Å²) in [4.78, 5) is 44.8. The summed E-state index contributed by atoms with van der Waals surface area (Å²) in [5.41, 5.74) is 3.13. The number of hydrogen-bond acceptors (Lipinski definition) is 6. The standard InChI is InChI=1S/C39H44N4O5/c1-41-24-26-43(27-25-41)37(44)19-7-4-12-28-47-36-18-11-9-16-34(36)42(2)39(46)31-20-22-32(23-21-31)40-38(45)33-15-8-10-17-35(33)48-29-30-13-5-3-6-14-30/h3,5-6,8-11,13-18,20-23H,4,7,12,19,24-29H2,1-2H3,(H,40,45). The number of unbranched alkanes of at least 4 members (excludes halogenated alkanes) is 2. The molecule has 48 heavy (non-hydrogen) atoms. The van der Waals surface area contributed by atoms with Gasteiger partial charge in [-0.1, -0.05) is 54.6 Å². The monoisotopic (exact) mass is 648 g/mol. The minimum Gasteiger partial charge on any atom is -0.491 e. The average Bonchev–Trinajstić information content (AvgIpc) is 3.12. The van der Waals surface area contributed by atoms with Gasteiger partial charge >= 0.3 is 0 Å². The van der Waals surface area contributed by atoms with E-state index in [2.05, 4.69) is 17.3 Å². The van der Waals surface area contributed by atoms with Crippen molar-refractivity contribution in [1.29, 1.82) is 0 Å². The summed E-state index contributed by atoms with van der Waals surface area (Å²) in [5, 5.41) is 2.91. The number of rotatable bonds is 14. The number of hydrogen-bond donors (Lipinski definition) is 1. The van der Waals surface area contributed by atoms with Crippen LogP contribution in [0.2, 0.25) is 0 Å². The Morgan fingerprint density at radius 3 is 2.15 bits per heavy atom. The molecule has 4 aromatic rings. The Morgan fingerprint density at radius 2 is 1.40 bits per heavy atom. The molecular weight excluding hydrogens is 604 g/mol. The summed E-state index contributed by atoms with van der Waals surface area (Å²) in [6, 6.07) is 31.2. The van der Waals surface area contributed by atoms with Crippen molar-refractivity contribution >= 4 is 29.1 Å². The quantitative estimate of drug-likeness (QED) is 0.157. The number of carbonyl (C=O) groups is 3. The first-order valence-corrected chi connectivity index (χ1v) is 16.5. The number of anilines is 2. The van der Waals surface area contributed by atoms with Crippen molar-refractivity contribution in [3.05, 3.63) is 120 Å². The fourth-order valence-corrected chi connectivity index (χ4v) is 5.52. The maximum absolute atomic E-state index is 13.4. The molecule has 0 saturated carbocycles. The van der Waals surface area contributed by atoms with E-state index in [4.69, 9.17) is 9.47 Å². The Kier molecular flexibility index (Phi) is 12.2. The lowest BCUT2D eigenvalue weighted by molar-refractivity contribution is -0.132. The number of likely N-dealkylation sites (N-methyl/N-ethyl adjacent to an activating group) is 1. The minimum atomic E-state index is -0.303. The second-order valence-corrected chi connectivity index (χ2v) is 12.0. The first-order valence-electron chi connectivity index (χ1n) is 16.5. The molecule has 250 valence electrons. The van der Waals surface area contributed by atoms with Crippen molar-refractivity contribution in [3.8, 4) is 11.5 Å². The van der Waals surface area contributed by atoms with Gasteiger partial charge in [0.1, 0.15) is 18.1 Å². The van der Waals surface area contributed by atoms with Gasteiger partial charge < -0.3 is 29.5 Å². The molecule has 1 saturated heterocycles. The van der Waals surface area contributed by atoms with E-state index in [1.807, 2.05) is 65.6 Å². The average molecular weight is 649 g/mol. The van der Waals surface area contributed by atoms with Crippen LogP contribution >= 0.6 is 0 Å². The van der Waals surface area contributed by atoms with Gasteiger partial charge in [0, 0.05) is 50.9 Å². The Morgan fingerprint density at radius 1 is 0.729 bits per heavy atom. The fourth-order valence-electron chi connectivity index (χ4n) is 5.52. The molecular formula is C39H44N4O5. The van der Waals surface area contributed by atoms with Gasteiger partial charge in [0.05, 0.1) is 17.9 Å². The van der Waals surface area contributed by atoms with E-state index in [0.717, 1.165) is 51.0 Å². The van der Waals surface area contributed by atoms with E-state index < -0.39 is 0 Å². The summed E-state index contributed by atoms with van der Waals surface area (Å²) >= 11 is 0. The number of benzene rings is 4. The molecule has 0 atom stereocenters. The normalized spacial score (nSPS) is 13.1. The second-order valence-electron chi connectivity index (χ2n) is 12.0. The molecule has 1 aliphatic rings. The lowest BCUT2D eigenvalue weighted by atomic mass is 10.1. The third-order valence-corrected chi connectivity index (χ3v) is 8.44. The SMILES string of the molecule is CN1CCN(C(=O)CCCCCOc2ccccc2N(C)C(=O)c2ccc(NC(=O)c3ccccc3OCc3ccccc3)cc2)CC1. The van der Waals surface area contributed by atoms with E-state index in [1.165, 1.54) is 0 Å². The number of para-hydroxylation sites is 3. The summed E-state index contributed by atoms with van der Waals surface area (Å²) in [6.07, 6.45) is 3.11. The number of ether oxygens (including phenoxy) is 2. The Bertz CT molecular complexity index is 1650. The molecule has 4 aromatic carbocycles. The van der Waals surface area contributed by atoms with E-state index in [1.54, 1.807) is 54.4 Å². The van der Waals surface area contributed by atoms with Crippen LogP contribution in [-0.4, -0.2) is 74.4 Å². The van der Waals surface area contributed by atoms with Gasteiger partial charge in [0.25, 0.3) is 11.8 Å². The molecule has 0 aliphatic carbocycles. The minimum absolute atomic E-state index is 0.203. The lowest BCUT2D eigenvalue weighted by Crippen LogP contribution is -2.47. The van der Waals surface area contributed by atoms with Crippen LogP contribution in [-0.2, 0) is 11.4 Å². The maximum Gasteiger partial charge on any atom is 0.259 e. The van der Waals surface area contributed by atoms with E-state index in [0.29, 0.717) is 53.6 Å². The van der Waals surface area contributed by atoms with Crippen molar-refractivity contribution in [2.24, 2.45) is 0 Å². The molecule has 1 N–H and O–H groups in total. The van der Waals surface area contributed by atoms with Crippen molar-refractivity contribution in [2.75, 3.05) is 57.1 Å². The first kappa shape index (κ1) is 34.2. The zero-order valence-electron chi connectivity index (χ0n) is 27.8. The Balaban J connectivity index is 1.10. The molecule has 0 aromatic heterocycles. The molecule has 0 bridgehead atoms. The van der Waals surface area contributed by atoms with Gasteiger partial charge in [-0.3, -0.25) is 14.4 Å². The van der Waals surface area contributed by atoms with Gasteiger partial charge in [0.2, 0.25) is 5.91 Å². The van der Waals surface area contributed by atoms with Gasteiger partial charge in [-0.2, -0.15) is 0 Å². The largest absolute Gasteiger partial charge is 0.491 e. The maximum atomic E-state index is 13.4. The van der Waals surface area contributed by atoms with Gasteiger partial charge in [-0.15, -0.1) is 0 Å². The summed E-state index contributed by atoms with van der Waals surface area (Å²) in [6.45, 7) is 4.33. The van der Waals surface area contributed by atoms with Crippen LogP contribution in [0, 0.1) is 0 Å². The molecule has 0 radical (unpaired) electrons. The highest BCUT2D eigenvalue weighted by atomic mass is 16.5. The number of carbonyl (C=O) groups excluding carboxylic acids is 3. The number of nitrogens with one attached hydrogen (secondary N) is 1. The third-order valence-electron chi connectivity index (χ3n) is 8.44. The molecule has 1 aliphatic heterocycles. The Labute approximate surface area is 283 Å². The van der Waals surface area contributed by atoms with Crippen molar-refractivity contribution in [2.45, 2.75) is 32.3 Å². The van der Waals surface area contributed by atoms with Crippen LogP contribution in [0.25, 0.3) is 0 Å². The molecule has 9 nitrogen and oxygen atoms in total. The van der Waals surface area contributed by atoms with Crippen molar-refractivity contribution < 1.29 is 23.9 Å². The second kappa shape index (κ2) is 17.1. The van der Waals surface area contributed by atoms with Crippen molar-refractivity contribution in [1.82, 2.24) is 9.80 Å². The molecule has 3 amide bonds. The first-order chi connectivity index (χ1) is 23.4. The summed E-state index contributed by atoms with van der Waals surface area (Å²) in [5.74, 6) is 0.844. The molecule has 1 heterocycles. The van der Waals surface area contributed by atoms with Crippen LogP contribution < -0.4 is 19.7 Å². The smallest absolute Gasteiger partial charge is 0.259 e. The highest BCUT2D eigenvalue weighted by Crippen LogP contribution is 2.29. The molecule has 0 spiro atoms. The van der Waals surface area contributed by atoms with Crippen LogP contribution in [0.1, 0.15) is 52.0 Å². The van der Waals surface area contributed by atoms with E-state index in [9.17, 15) is 14.4 Å². The van der Waals surface area contributed by atoms with Crippen LogP contribution in [0.15, 0.2) is 103 Å². The van der Waals surface area contributed by atoms with E-state index >= 15 is 0 Å². The fraction of sp³-hybridized carbons (Fsp3) is 0.308. The number of piperazine rings is 1. The Hall–Kier alpha value is -5.15. The summed E-state index contributed by atoms with van der Waals surface area (Å²) in [7, 11) is 3.80. The molecule has 1 fully saturated rings. The predicted octanol–water partition coefficient (Wildman–Crippen LogP) is 6.51. The van der Waals surface area contributed by atoms with E-state index in [-0.39, 0.29) is 17.7 Å². The molecule has 0 unspecified atom stereocenters.